The first-order valence-electron chi connectivity index (χ1n) is 6.88. The van der Waals surface area contributed by atoms with Crippen LogP contribution in [0, 0.1) is 0 Å². The number of nitrogens with one attached hydrogen (secondary N) is 1. The number of fused-ring (bicyclic) bond motifs is 1. The van der Waals surface area contributed by atoms with Gasteiger partial charge in [0.05, 0.1) is 11.2 Å². The van der Waals surface area contributed by atoms with Gasteiger partial charge in [0.25, 0.3) is 0 Å². The van der Waals surface area contributed by atoms with Gasteiger partial charge in [-0.2, -0.15) is 0 Å². The normalized spacial score (nSPS) is 12.0. The molecule has 3 aromatic heterocycles. The van der Waals surface area contributed by atoms with Gasteiger partial charge in [0.1, 0.15) is 0 Å². The second-order valence-corrected chi connectivity index (χ2v) is 6.23. The van der Waals surface area contributed by atoms with Crippen LogP contribution in [-0.4, -0.2) is 19.5 Å². The third-order valence-corrected chi connectivity index (χ3v) is 3.57. The van der Waals surface area contributed by atoms with Crippen molar-refractivity contribution >= 4 is 11.2 Å². The van der Waals surface area contributed by atoms with Gasteiger partial charge in [0.2, 0.25) is 0 Å². The van der Waals surface area contributed by atoms with E-state index in [0.29, 0.717) is 5.65 Å². The third-order valence-electron chi connectivity index (χ3n) is 3.57. The van der Waals surface area contributed by atoms with Crippen LogP contribution in [0.25, 0.3) is 22.3 Å². The predicted octanol–water partition coefficient (Wildman–Crippen LogP) is 2.62. The van der Waals surface area contributed by atoms with Crippen LogP contribution < -0.4 is 5.69 Å². The van der Waals surface area contributed by atoms with Gasteiger partial charge in [-0.05, 0) is 23.8 Å². The smallest absolute Gasteiger partial charge is 0.304 e. The lowest BCUT2D eigenvalue weighted by Crippen LogP contribution is -2.17. The number of imidazole rings is 1. The zero-order chi connectivity index (χ0) is 15.2. The van der Waals surface area contributed by atoms with Gasteiger partial charge in [-0.1, -0.05) is 20.8 Å². The van der Waals surface area contributed by atoms with E-state index < -0.39 is 0 Å². The second kappa shape index (κ2) is 4.55. The lowest BCUT2D eigenvalue weighted by Gasteiger charge is -2.22. The third kappa shape index (κ3) is 2.24. The summed E-state index contributed by atoms with van der Waals surface area (Å²) in [7, 11) is 1.73. The maximum atomic E-state index is 11.8. The molecule has 0 aromatic carbocycles. The summed E-state index contributed by atoms with van der Waals surface area (Å²) >= 11 is 0. The number of aryl methyl sites for hydroxylation is 1. The van der Waals surface area contributed by atoms with Crippen molar-refractivity contribution in [1.29, 1.82) is 0 Å². The van der Waals surface area contributed by atoms with E-state index in [1.165, 1.54) is 0 Å². The van der Waals surface area contributed by atoms with Crippen molar-refractivity contribution in [3.63, 3.8) is 0 Å². The minimum Gasteiger partial charge on any atom is -0.304 e. The molecular weight excluding hydrogens is 264 g/mol. The molecule has 0 spiro atoms. The van der Waals surface area contributed by atoms with Crippen LogP contribution in [0.1, 0.15) is 26.5 Å². The van der Waals surface area contributed by atoms with Crippen LogP contribution in [0.5, 0.6) is 0 Å². The molecule has 0 saturated heterocycles. The molecule has 3 aromatic rings. The Morgan fingerprint density at radius 3 is 2.48 bits per heavy atom. The van der Waals surface area contributed by atoms with Crippen molar-refractivity contribution in [2.24, 2.45) is 7.05 Å². The zero-order valence-corrected chi connectivity index (χ0v) is 12.6. The lowest BCUT2D eigenvalue weighted by atomic mass is 9.86. The Balaban J connectivity index is 2.39. The molecule has 5 nitrogen and oxygen atoms in total. The Bertz CT molecular complexity index is 854. The summed E-state index contributed by atoms with van der Waals surface area (Å²) < 4.78 is 1.54. The first kappa shape index (κ1) is 13.5. The molecule has 3 rings (SSSR count). The van der Waals surface area contributed by atoms with Gasteiger partial charge in [0, 0.05) is 30.4 Å². The topological polar surface area (TPSA) is 63.6 Å². The molecule has 5 heteroatoms. The van der Waals surface area contributed by atoms with Gasteiger partial charge in [-0.3, -0.25) is 9.55 Å². The van der Waals surface area contributed by atoms with Crippen molar-refractivity contribution in [1.82, 2.24) is 19.5 Å². The average Bonchev–Trinajstić information content (AvgIpc) is 2.72. The van der Waals surface area contributed by atoms with Gasteiger partial charge < -0.3 is 4.98 Å². The maximum Gasteiger partial charge on any atom is 0.327 e. The standard InChI is InChI=1S/C16H18N4O/c1-16(2,3)13-11(10-5-7-17-8-6-10)9-12-14(19-13)20(4)15(21)18-12/h5-9H,1-4H3,(H,18,21). The zero-order valence-electron chi connectivity index (χ0n) is 12.6. The number of nitrogens with zero attached hydrogens (tertiary/aromatic N) is 3. The van der Waals surface area contributed by atoms with E-state index in [2.05, 4.69) is 30.7 Å². The Hall–Kier alpha value is -2.43. The van der Waals surface area contributed by atoms with Crippen LogP contribution in [-0.2, 0) is 12.5 Å². The fraction of sp³-hybridized carbons (Fsp3) is 0.312. The molecule has 0 atom stereocenters. The van der Waals surface area contributed by atoms with E-state index in [1.54, 1.807) is 24.0 Å². The fourth-order valence-corrected chi connectivity index (χ4v) is 2.47. The number of hydrogen-bond acceptors (Lipinski definition) is 3. The molecule has 21 heavy (non-hydrogen) atoms. The Morgan fingerprint density at radius 1 is 1.19 bits per heavy atom. The summed E-state index contributed by atoms with van der Waals surface area (Å²) in [5.74, 6) is 0. The number of aromatic amines is 1. The number of H-pyrrole nitrogens is 1. The Kier molecular flexibility index (Phi) is 2.93. The van der Waals surface area contributed by atoms with Crippen LogP contribution >= 0.6 is 0 Å². The van der Waals surface area contributed by atoms with E-state index >= 15 is 0 Å². The van der Waals surface area contributed by atoms with Crippen molar-refractivity contribution in [3.05, 3.63) is 46.8 Å². The number of aromatic nitrogens is 4. The highest BCUT2D eigenvalue weighted by Crippen LogP contribution is 2.32. The minimum absolute atomic E-state index is 0.125. The summed E-state index contributed by atoms with van der Waals surface area (Å²) in [6.45, 7) is 6.36. The maximum absolute atomic E-state index is 11.8. The van der Waals surface area contributed by atoms with Gasteiger partial charge >= 0.3 is 5.69 Å². The van der Waals surface area contributed by atoms with Crippen molar-refractivity contribution in [2.75, 3.05) is 0 Å². The van der Waals surface area contributed by atoms with E-state index in [1.807, 2.05) is 18.2 Å². The SMILES string of the molecule is Cn1c(=O)[nH]c2cc(-c3ccncc3)c(C(C)(C)C)nc21. The highest BCUT2D eigenvalue weighted by molar-refractivity contribution is 5.80. The van der Waals surface area contributed by atoms with Crippen LogP contribution in [0.2, 0.25) is 0 Å². The van der Waals surface area contributed by atoms with E-state index in [9.17, 15) is 4.79 Å². The van der Waals surface area contributed by atoms with Crippen LogP contribution in [0.4, 0.5) is 0 Å². The molecule has 0 fully saturated rings. The lowest BCUT2D eigenvalue weighted by molar-refractivity contribution is 0.572. The van der Waals surface area contributed by atoms with Gasteiger partial charge in [0.15, 0.2) is 5.65 Å². The van der Waals surface area contributed by atoms with E-state index in [0.717, 1.165) is 22.3 Å². The summed E-state index contributed by atoms with van der Waals surface area (Å²) in [4.78, 5) is 23.5. The molecule has 0 saturated carbocycles. The molecule has 0 unspecified atom stereocenters. The molecule has 1 N–H and O–H groups in total. The summed E-state index contributed by atoms with van der Waals surface area (Å²) in [5, 5.41) is 0. The molecule has 0 radical (unpaired) electrons. The molecule has 0 bridgehead atoms. The molecular formula is C16H18N4O. The predicted molar refractivity (Wildman–Crippen MR) is 83.3 cm³/mol. The number of hydrogen-bond donors (Lipinski definition) is 1. The molecule has 3 heterocycles. The number of rotatable bonds is 1. The summed E-state index contributed by atoms with van der Waals surface area (Å²) in [5.41, 5.74) is 4.21. The number of pyridine rings is 2. The quantitative estimate of drug-likeness (QED) is 0.746. The largest absolute Gasteiger partial charge is 0.327 e. The average molecular weight is 282 g/mol. The summed E-state index contributed by atoms with van der Waals surface area (Å²) in [6, 6.07) is 5.91. The molecule has 0 amide bonds. The van der Waals surface area contributed by atoms with Crippen LogP contribution in [0.3, 0.4) is 0 Å². The molecule has 0 aliphatic heterocycles. The van der Waals surface area contributed by atoms with Crippen molar-refractivity contribution < 1.29 is 0 Å². The van der Waals surface area contributed by atoms with Crippen molar-refractivity contribution in [3.8, 4) is 11.1 Å². The van der Waals surface area contributed by atoms with E-state index in [-0.39, 0.29) is 11.1 Å². The minimum atomic E-state index is -0.149. The molecule has 108 valence electrons. The summed E-state index contributed by atoms with van der Waals surface area (Å²) in [6.07, 6.45) is 3.53. The molecule has 0 aliphatic rings. The Morgan fingerprint density at radius 2 is 1.86 bits per heavy atom. The first-order valence-corrected chi connectivity index (χ1v) is 6.88. The second-order valence-electron chi connectivity index (χ2n) is 6.23. The van der Waals surface area contributed by atoms with Crippen molar-refractivity contribution in [2.45, 2.75) is 26.2 Å². The van der Waals surface area contributed by atoms with Gasteiger partial charge in [-0.25, -0.2) is 9.78 Å². The molecule has 0 aliphatic carbocycles. The van der Waals surface area contributed by atoms with Crippen LogP contribution in [0.15, 0.2) is 35.4 Å². The highest BCUT2D eigenvalue weighted by atomic mass is 16.1. The fourth-order valence-electron chi connectivity index (χ4n) is 2.47. The first-order chi connectivity index (χ1) is 9.88. The van der Waals surface area contributed by atoms with E-state index in [4.69, 9.17) is 4.98 Å². The van der Waals surface area contributed by atoms with Gasteiger partial charge in [-0.15, -0.1) is 0 Å². The monoisotopic (exact) mass is 282 g/mol. The highest BCUT2D eigenvalue weighted by Gasteiger charge is 2.23. The Labute approximate surface area is 122 Å².